The molecular weight excluding hydrogens is 622 g/mol. The summed E-state index contributed by atoms with van der Waals surface area (Å²) < 4.78 is 57.1. The molecule has 0 aliphatic heterocycles. The van der Waals surface area contributed by atoms with Gasteiger partial charge in [0.1, 0.15) is 24.5 Å². The smallest absolute Gasteiger partial charge is 0.408 e. The van der Waals surface area contributed by atoms with Crippen LogP contribution < -0.4 is 16.2 Å². The summed E-state index contributed by atoms with van der Waals surface area (Å²) in [5, 5.41) is 2.55. The Kier molecular flexibility index (Phi) is 19.6. The molecule has 0 saturated carbocycles. The van der Waals surface area contributed by atoms with Crippen molar-refractivity contribution < 1.29 is 50.7 Å². The quantitative estimate of drug-likeness (QED) is 0.0711. The van der Waals surface area contributed by atoms with Gasteiger partial charge >= 0.3 is 6.09 Å². The maximum absolute atomic E-state index is 12.6. The van der Waals surface area contributed by atoms with Crippen LogP contribution in [-0.4, -0.2) is 91.0 Å². The van der Waals surface area contributed by atoms with Crippen LogP contribution in [-0.2, 0) is 47.6 Å². The fourth-order valence-corrected chi connectivity index (χ4v) is 4.68. The molecule has 1 aromatic carbocycles. The molecule has 0 radical (unpaired) electrons. The molecule has 0 fully saturated rings. The van der Waals surface area contributed by atoms with E-state index in [0.717, 1.165) is 5.56 Å². The van der Waals surface area contributed by atoms with Gasteiger partial charge < -0.3 is 29.0 Å². The van der Waals surface area contributed by atoms with E-state index >= 15 is 0 Å². The molecule has 0 aliphatic carbocycles. The van der Waals surface area contributed by atoms with Gasteiger partial charge in [-0.15, -0.1) is 0 Å². The lowest BCUT2D eigenvalue weighted by Crippen LogP contribution is -2.53. The summed E-state index contributed by atoms with van der Waals surface area (Å²) in [6.07, 6.45) is 0.960. The molecule has 2 atom stereocenters. The maximum Gasteiger partial charge on any atom is 0.408 e. The normalized spacial score (nSPS) is 13.2. The Hall–Kier alpha value is -2.82. The fourth-order valence-electron chi connectivity index (χ4n) is 3.74. The van der Waals surface area contributed by atoms with E-state index in [0.29, 0.717) is 45.5 Å². The second-order valence-electron chi connectivity index (χ2n) is 12.1. The van der Waals surface area contributed by atoms with Crippen LogP contribution in [0, 0.1) is 12.8 Å². The molecule has 0 spiro atoms. The summed E-state index contributed by atoms with van der Waals surface area (Å²) in [6, 6.07) is 5.46. The van der Waals surface area contributed by atoms with E-state index in [2.05, 4.69) is 16.2 Å². The Balaban J connectivity index is 2.41. The van der Waals surface area contributed by atoms with E-state index in [4.69, 9.17) is 27.9 Å². The molecule has 14 nitrogen and oxygen atoms in total. The van der Waals surface area contributed by atoms with Crippen molar-refractivity contribution in [1.29, 1.82) is 0 Å². The van der Waals surface area contributed by atoms with Gasteiger partial charge in [0.15, 0.2) is 0 Å². The van der Waals surface area contributed by atoms with E-state index in [-0.39, 0.29) is 43.1 Å². The minimum Gasteiger partial charge on any atom is -0.444 e. The Bertz CT molecular complexity index is 1140. The van der Waals surface area contributed by atoms with Gasteiger partial charge in [-0.1, -0.05) is 38.0 Å². The summed E-state index contributed by atoms with van der Waals surface area (Å²) in [5.74, 6) is -0.805. The van der Waals surface area contributed by atoms with Gasteiger partial charge in [0.05, 0.1) is 31.3 Å². The first-order chi connectivity index (χ1) is 21.6. The van der Waals surface area contributed by atoms with Crippen LogP contribution in [0.25, 0.3) is 0 Å². The van der Waals surface area contributed by atoms with E-state index in [9.17, 15) is 22.8 Å². The van der Waals surface area contributed by atoms with Gasteiger partial charge in [-0.2, -0.15) is 8.42 Å². The SMILES string of the molecule is COCCOCO[C@H](COCCCCCC(=O)NNC(=O)[C@@H](CC(C)C)NC(=O)OC(C)(C)C)COS(=O)(=O)c1ccc(C)cc1. The number of benzene rings is 1. The van der Waals surface area contributed by atoms with E-state index in [1.807, 2.05) is 20.8 Å². The average molecular weight is 676 g/mol. The highest BCUT2D eigenvalue weighted by atomic mass is 32.2. The molecule has 1 aromatic rings. The van der Waals surface area contributed by atoms with Crippen LogP contribution in [0.15, 0.2) is 29.2 Å². The van der Waals surface area contributed by atoms with Crippen LogP contribution in [0.1, 0.15) is 72.3 Å². The summed E-state index contributed by atoms with van der Waals surface area (Å²) >= 11 is 0. The summed E-state index contributed by atoms with van der Waals surface area (Å²) in [4.78, 5) is 37.0. The maximum atomic E-state index is 12.6. The molecule has 46 heavy (non-hydrogen) atoms. The van der Waals surface area contributed by atoms with Crippen LogP contribution in [0.3, 0.4) is 0 Å². The number of aryl methyl sites for hydroxylation is 1. The van der Waals surface area contributed by atoms with Gasteiger partial charge in [-0.25, -0.2) is 4.79 Å². The number of methoxy groups -OCH3 is 1. The topological polar surface area (TPSA) is 177 Å². The van der Waals surface area contributed by atoms with Gasteiger partial charge in [0.25, 0.3) is 16.0 Å². The van der Waals surface area contributed by atoms with Crippen LogP contribution in [0.2, 0.25) is 0 Å². The first-order valence-electron chi connectivity index (χ1n) is 15.4. The number of hydrazine groups is 1. The van der Waals surface area contributed by atoms with E-state index in [1.165, 1.54) is 12.1 Å². The van der Waals surface area contributed by atoms with Crippen molar-refractivity contribution in [1.82, 2.24) is 16.2 Å². The molecule has 0 aliphatic rings. The second-order valence-corrected chi connectivity index (χ2v) is 13.7. The predicted octanol–water partition coefficient (Wildman–Crippen LogP) is 3.37. The van der Waals surface area contributed by atoms with Crippen molar-refractivity contribution >= 4 is 28.0 Å². The molecule has 1 rings (SSSR count). The third kappa shape index (κ3) is 19.6. The summed E-state index contributed by atoms with van der Waals surface area (Å²) in [5.41, 5.74) is 4.97. The first-order valence-corrected chi connectivity index (χ1v) is 16.8. The predicted molar refractivity (Wildman–Crippen MR) is 170 cm³/mol. The molecule has 0 unspecified atom stereocenters. The molecule has 0 aromatic heterocycles. The van der Waals surface area contributed by atoms with E-state index in [1.54, 1.807) is 40.0 Å². The minimum absolute atomic E-state index is 0.0468. The third-order valence-corrected chi connectivity index (χ3v) is 7.37. The zero-order chi connectivity index (χ0) is 34.6. The van der Waals surface area contributed by atoms with Crippen molar-refractivity contribution in [2.24, 2.45) is 5.92 Å². The lowest BCUT2D eigenvalue weighted by Gasteiger charge is -2.24. The highest BCUT2D eigenvalue weighted by molar-refractivity contribution is 7.86. The molecule has 3 N–H and O–H groups in total. The van der Waals surface area contributed by atoms with E-state index < -0.39 is 39.9 Å². The fraction of sp³-hybridized carbons (Fsp3) is 0.710. The number of carbonyl (C=O) groups is 3. The van der Waals surface area contributed by atoms with Crippen molar-refractivity contribution in [2.75, 3.05) is 46.9 Å². The second kappa shape index (κ2) is 21.9. The van der Waals surface area contributed by atoms with Crippen LogP contribution in [0.4, 0.5) is 4.79 Å². The number of nitrogens with one attached hydrogen (secondary N) is 3. The molecule has 0 saturated heterocycles. The highest BCUT2D eigenvalue weighted by Crippen LogP contribution is 2.14. The van der Waals surface area contributed by atoms with Crippen molar-refractivity contribution in [3.63, 3.8) is 0 Å². The number of rotatable bonds is 22. The first kappa shape index (κ1) is 41.2. The Morgan fingerprint density at radius 3 is 2.22 bits per heavy atom. The standard InChI is InChI=1S/C31H53N3O11S/c1-23(2)19-27(32-30(37)45-31(4,5)6)29(36)34-33-28(35)11-9-8-10-16-41-20-25(43-22-42-18-17-40-7)21-44-46(38,39)26-14-12-24(3)13-15-26/h12-15,23,25,27H,8-11,16-22H2,1-7H3,(H,32,37)(H,33,35)(H,34,36)/t25-,27-/m1/s1. The minimum atomic E-state index is -3.98. The molecule has 0 bridgehead atoms. The van der Waals surface area contributed by atoms with Gasteiger partial charge in [0.2, 0.25) is 5.91 Å². The summed E-state index contributed by atoms with van der Waals surface area (Å²) in [6.45, 7) is 11.6. The lowest BCUT2D eigenvalue weighted by molar-refractivity contribution is -0.130. The number of unbranched alkanes of at least 4 members (excludes halogenated alkanes) is 2. The van der Waals surface area contributed by atoms with Crippen LogP contribution in [0.5, 0.6) is 0 Å². The lowest BCUT2D eigenvalue weighted by atomic mass is 10.0. The highest BCUT2D eigenvalue weighted by Gasteiger charge is 2.25. The van der Waals surface area contributed by atoms with Crippen molar-refractivity contribution in [2.45, 2.75) is 96.3 Å². The Morgan fingerprint density at radius 2 is 1.59 bits per heavy atom. The molecule has 3 amide bonds. The molecule has 264 valence electrons. The van der Waals surface area contributed by atoms with Crippen molar-refractivity contribution in [3.8, 4) is 0 Å². The average Bonchev–Trinajstić information content (AvgIpc) is 2.96. The molecule has 0 heterocycles. The number of hydrogen-bond donors (Lipinski definition) is 3. The number of alkyl carbamates (subject to hydrolysis) is 1. The largest absolute Gasteiger partial charge is 0.444 e. The summed E-state index contributed by atoms with van der Waals surface area (Å²) in [7, 11) is -2.43. The Labute approximate surface area is 273 Å². The third-order valence-electron chi connectivity index (χ3n) is 6.07. The van der Waals surface area contributed by atoms with Gasteiger partial charge in [0, 0.05) is 20.1 Å². The number of amides is 3. The monoisotopic (exact) mass is 675 g/mol. The number of carbonyl (C=O) groups excluding carboxylic acids is 3. The zero-order valence-corrected chi connectivity index (χ0v) is 29.0. The van der Waals surface area contributed by atoms with Gasteiger partial charge in [-0.3, -0.25) is 24.6 Å². The molecule has 15 heteroatoms. The number of hydrogen-bond acceptors (Lipinski definition) is 11. The molecular formula is C31H53N3O11S. The van der Waals surface area contributed by atoms with Crippen molar-refractivity contribution in [3.05, 3.63) is 29.8 Å². The van der Waals surface area contributed by atoms with Crippen LogP contribution >= 0.6 is 0 Å². The zero-order valence-electron chi connectivity index (χ0n) is 28.2. The Morgan fingerprint density at radius 1 is 0.891 bits per heavy atom. The number of ether oxygens (including phenoxy) is 5. The van der Waals surface area contributed by atoms with Gasteiger partial charge in [-0.05, 0) is 65.0 Å².